The molecule has 0 aromatic heterocycles. The Labute approximate surface area is 258 Å². The molecule has 3 aliphatic rings. The molecule has 3 rings (SSSR count). The third kappa shape index (κ3) is 6.64. The summed E-state index contributed by atoms with van der Waals surface area (Å²) in [6, 6.07) is -1.29. The van der Waals surface area contributed by atoms with Gasteiger partial charge < -0.3 is 19.6 Å². The Morgan fingerprint density at radius 2 is 1.86 bits per heavy atom. The second kappa shape index (κ2) is 13.5. The van der Waals surface area contributed by atoms with Crippen molar-refractivity contribution in [2.24, 2.45) is 29.1 Å². The largest absolute Gasteiger partial charge is 0.465 e. The van der Waals surface area contributed by atoms with Crippen molar-refractivity contribution in [3.05, 3.63) is 25.3 Å². The Hall–Kier alpha value is -1.80. The van der Waals surface area contributed by atoms with Crippen LogP contribution in [0.25, 0.3) is 0 Å². The summed E-state index contributed by atoms with van der Waals surface area (Å²) >= 11 is 1.66. The van der Waals surface area contributed by atoms with Crippen molar-refractivity contribution in [1.82, 2.24) is 9.80 Å². The van der Waals surface area contributed by atoms with Crippen LogP contribution in [-0.2, 0) is 19.1 Å². The molecule has 0 aromatic rings. The molecule has 2 bridgehead atoms. The van der Waals surface area contributed by atoms with E-state index in [1.807, 2.05) is 11.0 Å². The van der Waals surface area contributed by atoms with Gasteiger partial charge in [-0.3, -0.25) is 14.4 Å². The molecule has 42 heavy (non-hydrogen) atoms. The molecule has 3 heterocycles. The molecule has 2 amide bonds. The second-order valence-corrected chi connectivity index (χ2v) is 16.6. The molecule has 1 N–H and O–H groups in total. The lowest BCUT2D eigenvalue weighted by Crippen LogP contribution is -2.62. The maximum atomic E-state index is 15.0. The number of carbonyl (C=O) groups is 3. The van der Waals surface area contributed by atoms with Gasteiger partial charge in [0.1, 0.15) is 6.04 Å². The molecule has 3 saturated heterocycles. The van der Waals surface area contributed by atoms with Gasteiger partial charge in [0.25, 0.3) is 0 Å². The maximum Gasteiger partial charge on any atom is 0.310 e. The molecule has 3 fully saturated rings. The first kappa shape index (κ1) is 34.7. The van der Waals surface area contributed by atoms with Crippen molar-refractivity contribution in [3.8, 4) is 0 Å². The number of thioether (sulfide) groups is 1. The maximum absolute atomic E-state index is 15.0. The van der Waals surface area contributed by atoms with Gasteiger partial charge in [-0.1, -0.05) is 53.7 Å². The molecule has 0 aromatic carbocycles. The monoisotopic (exact) mass is 604 g/mol. The number of fused-ring (bicyclic) bond motifs is 1. The van der Waals surface area contributed by atoms with Crippen LogP contribution in [0.2, 0.25) is 0 Å². The number of hydrogen-bond donors (Lipinski definition) is 1. The first-order valence-electron chi connectivity index (χ1n) is 15.9. The predicted molar refractivity (Wildman–Crippen MR) is 171 cm³/mol. The summed E-state index contributed by atoms with van der Waals surface area (Å²) in [6.07, 6.45) is 8.20. The Bertz CT molecular complexity index is 1020. The number of allylic oxidation sites excluding steroid dienone is 1. The smallest absolute Gasteiger partial charge is 0.310 e. The van der Waals surface area contributed by atoms with E-state index in [1.54, 1.807) is 22.7 Å². The summed E-state index contributed by atoms with van der Waals surface area (Å²) < 4.78 is 5.02. The van der Waals surface area contributed by atoms with Crippen LogP contribution >= 0.6 is 11.8 Å². The summed E-state index contributed by atoms with van der Waals surface area (Å²) in [7, 11) is 0. The molecule has 8 heteroatoms. The number of amides is 2. The molecule has 0 aliphatic carbocycles. The lowest BCUT2D eigenvalue weighted by Gasteiger charge is -2.47. The summed E-state index contributed by atoms with van der Waals surface area (Å²) in [5.74, 6) is -1.60. The predicted octanol–water partition coefficient (Wildman–Crippen LogP) is 5.86. The van der Waals surface area contributed by atoms with Crippen LogP contribution in [0.3, 0.4) is 0 Å². The fourth-order valence-electron chi connectivity index (χ4n) is 8.19. The average Bonchev–Trinajstić information content (AvgIpc) is 3.47. The third-order valence-corrected chi connectivity index (χ3v) is 11.4. The van der Waals surface area contributed by atoms with Crippen molar-refractivity contribution in [2.45, 2.75) is 122 Å². The number of nitrogens with zero attached hydrogens (tertiary/aromatic N) is 2. The zero-order valence-electron chi connectivity index (χ0n) is 27.4. The minimum absolute atomic E-state index is 0.0329. The third-order valence-electron chi connectivity index (χ3n) is 9.36. The van der Waals surface area contributed by atoms with Crippen LogP contribution in [-0.4, -0.2) is 80.1 Å². The summed E-state index contributed by atoms with van der Waals surface area (Å²) in [6.45, 7) is 25.1. The fraction of sp³-hybridized carbons (Fsp3) is 0.794. The van der Waals surface area contributed by atoms with Crippen LogP contribution < -0.4 is 0 Å². The number of rotatable bonds is 15. The molecule has 7 nitrogen and oxygen atoms in total. The highest BCUT2D eigenvalue weighted by molar-refractivity contribution is 8.02. The van der Waals surface area contributed by atoms with E-state index < -0.39 is 34.2 Å². The summed E-state index contributed by atoms with van der Waals surface area (Å²) in [5.41, 5.74) is -0.539. The van der Waals surface area contributed by atoms with Crippen LogP contribution in [0.4, 0.5) is 0 Å². The van der Waals surface area contributed by atoms with E-state index in [1.165, 1.54) is 0 Å². The molecular weight excluding hydrogens is 548 g/mol. The Morgan fingerprint density at radius 3 is 2.40 bits per heavy atom. The van der Waals surface area contributed by atoms with Gasteiger partial charge in [0.2, 0.25) is 11.8 Å². The normalized spacial score (nSPS) is 29.5. The number of ether oxygens (including phenoxy) is 1. The number of aliphatic hydroxyl groups excluding tert-OH is 1. The van der Waals surface area contributed by atoms with Crippen molar-refractivity contribution in [3.63, 3.8) is 0 Å². The minimum atomic E-state index is -0.777. The second-order valence-electron chi connectivity index (χ2n) is 15.0. The summed E-state index contributed by atoms with van der Waals surface area (Å²) in [5, 5.41) is 10.6. The molecule has 3 aliphatic heterocycles. The zero-order chi connectivity index (χ0) is 31.6. The van der Waals surface area contributed by atoms with Crippen molar-refractivity contribution < 1.29 is 24.2 Å². The van der Waals surface area contributed by atoms with E-state index in [-0.39, 0.29) is 46.9 Å². The number of unbranched alkanes of at least 4 members (excludes halogenated alkanes) is 2. The number of hydrogen-bond acceptors (Lipinski definition) is 6. The lowest BCUT2D eigenvalue weighted by molar-refractivity contribution is -0.155. The first-order chi connectivity index (χ1) is 19.6. The Kier molecular flexibility index (Phi) is 11.1. The quantitative estimate of drug-likeness (QED) is 0.143. The van der Waals surface area contributed by atoms with E-state index in [9.17, 15) is 14.7 Å². The van der Waals surface area contributed by atoms with Crippen molar-refractivity contribution in [2.75, 3.05) is 19.8 Å². The van der Waals surface area contributed by atoms with E-state index in [0.717, 1.165) is 32.1 Å². The molecular formula is C34H56N2O5S. The van der Waals surface area contributed by atoms with Crippen molar-refractivity contribution in [1.29, 1.82) is 0 Å². The number of likely N-dealkylation sites (tertiary alicyclic amines) is 1. The molecule has 3 unspecified atom stereocenters. The number of aliphatic hydroxyl groups is 1. The van der Waals surface area contributed by atoms with Crippen LogP contribution in [0.1, 0.15) is 93.9 Å². The van der Waals surface area contributed by atoms with E-state index in [2.05, 4.69) is 68.5 Å². The first-order valence-corrected chi connectivity index (χ1v) is 16.8. The van der Waals surface area contributed by atoms with Crippen LogP contribution in [0.5, 0.6) is 0 Å². The van der Waals surface area contributed by atoms with Crippen LogP contribution in [0, 0.1) is 29.1 Å². The molecule has 1 spiro atoms. The highest BCUT2D eigenvalue weighted by atomic mass is 32.2. The van der Waals surface area contributed by atoms with Crippen LogP contribution in [0.15, 0.2) is 25.3 Å². The topological polar surface area (TPSA) is 87.1 Å². The van der Waals surface area contributed by atoms with Gasteiger partial charge in [0.05, 0.1) is 35.8 Å². The zero-order valence-corrected chi connectivity index (χ0v) is 28.2. The Morgan fingerprint density at radius 1 is 1.19 bits per heavy atom. The van der Waals surface area contributed by atoms with E-state index >= 15 is 4.79 Å². The molecule has 0 saturated carbocycles. The molecule has 7 atom stereocenters. The summed E-state index contributed by atoms with van der Waals surface area (Å²) in [4.78, 5) is 46.8. The molecule has 238 valence electrons. The Balaban J connectivity index is 2.09. The average molecular weight is 605 g/mol. The lowest BCUT2D eigenvalue weighted by atomic mass is 9.66. The van der Waals surface area contributed by atoms with Gasteiger partial charge in [0, 0.05) is 17.3 Å². The van der Waals surface area contributed by atoms with Gasteiger partial charge in [-0.15, -0.1) is 24.9 Å². The van der Waals surface area contributed by atoms with Gasteiger partial charge in [-0.2, -0.15) is 0 Å². The van der Waals surface area contributed by atoms with Gasteiger partial charge in [0.15, 0.2) is 0 Å². The van der Waals surface area contributed by atoms with Gasteiger partial charge >= 0.3 is 5.97 Å². The van der Waals surface area contributed by atoms with Crippen molar-refractivity contribution >= 4 is 29.5 Å². The standard InChI is InChI=1S/C34H56N2O5S/c1-11-13-14-15-17-41-31(40)26-25-19-23(5)34(42-25)27(26)29(38)36(24(20-37)18-22(3)4)28(34)30(39)35(16-12-2)33(9,10)21-32(6,7)8/h11-12,22-28,37H,1-2,13-21H2,3-10H3/t23?,24-,25-,26+,27+,28?,34?/m1/s1. The fourth-order valence-corrected chi connectivity index (χ4v) is 10.6. The highest BCUT2D eigenvalue weighted by Crippen LogP contribution is 2.69. The van der Waals surface area contributed by atoms with E-state index in [4.69, 9.17) is 4.74 Å². The SMILES string of the molecule is C=CCCCCOC(=O)[C@@H]1[C@H]2C(=O)N([C@@H](CO)CC(C)C)C(C(=O)N(CC=C)C(C)(C)CC(C)(C)C)C23S[C@@H]1CC3C. The molecule has 0 radical (unpaired) electrons. The van der Waals surface area contributed by atoms with Gasteiger partial charge in [-0.25, -0.2) is 0 Å². The highest BCUT2D eigenvalue weighted by Gasteiger charge is 2.77. The number of esters is 1. The van der Waals surface area contributed by atoms with E-state index in [0.29, 0.717) is 19.6 Å². The number of carbonyl (C=O) groups excluding carboxylic acids is 3. The van der Waals surface area contributed by atoms with Gasteiger partial charge in [-0.05, 0) is 69.6 Å². The minimum Gasteiger partial charge on any atom is -0.465 e.